The number of nitrogens with zero attached hydrogens (tertiary/aromatic N) is 1. The average molecular weight is 535 g/mol. The number of halogens is 2. The summed E-state index contributed by atoms with van der Waals surface area (Å²) >= 11 is 8.11. The minimum atomic E-state index is -0.179. The van der Waals surface area contributed by atoms with Crippen molar-refractivity contribution in [1.29, 1.82) is 0 Å². The molecule has 3 rings (SSSR count). The molecule has 0 aromatic heterocycles. The molecule has 154 valence electrons. The molecule has 0 aliphatic heterocycles. The quantitative estimate of drug-likeness (QED) is 0.245. The molecule has 0 saturated carbocycles. The molecule has 0 aliphatic carbocycles. The number of methoxy groups -OCH3 is 1. The zero-order valence-electron chi connectivity index (χ0n) is 16.3. The fourth-order valence-corrected chi connectivity index (χ4v) is 3.60. The van der Waals surface area contributed by atoms with Gasteiger partial charge in [-0.25, -0.2) is 5.43 Å². The topological polar surface area (TPSA) is 59.9 Å². The number of amides is 1. The van der Waals surface area contributed by atoms with Crippen molar-refractivity contribution in [2.45, 2.75) is 13.0 Å². The summed E-state index contributed by atoms with van der Waals surface area (Å²) < 4.78 is 12.3. The van der Waals surface area contributed by atoms with Crippen molar-refractivity contribution in [3.63, 3.8) is 0 Å². The number of carbonyl (C=O) groups is 1. The molecule has 5 nitrogen and oxygen atoms in total. The average Bonchev–Trinajstić information content (AvgIpc) is 2.74. The summed E-state index contributed by atoms with van der Waals surface area (Å²) in [6.45, 7) is 0.395. The fourth-order valence-electron chi connectivity index (χ4n) is 2.69. The maximum absolute atomic E-state index is 12.0. The lowest BCUT2D eigenvalue weighted by Crippen LogP contribution is -2.19. The Bertz CT molecular complexity index is 1020. The summed E-state index contributed by atoms with van der Waals surface area (Å²) in [6, 6.07) is 20.7. The van der Waals surface area contributed by atoms with Crippen molar-refractivity contribution in [2.24, 2.45) is 5.10 Å². The molecule has 0 atom stereocenters. The Balaban J connectivity index is 1.63. The van der Waals surface area contributed by atoms with Crippen molar-refractivity contribution >= 4 is 46.3 Å². The second-order valence-electron chi connectivity index (χ2n) is 6.40. The van der Waals surface area contributed by atoms with E-state index in [1.807, 2.05) is 66.7 Å². The molecule has 0 spiro atoms. The van der Waals surface area contributed by atoms with Gasteiger partial charge in [-0.3, -0.25) is 4.79 Å². The summed E-state index contributed by atoms with van der Waals surface area (Å²) in [5, 5.41) is 4.73. The smallest absolute Gasteiger partial charge is 0.244 e. The van der Waals surface area contributed by atoms with Crippen LogP contribution in [-0.4, -0.2) is 19.2 Å². The summed E-state index contributed by atoms with van der Waals surface area (Å²) in [5.41, 5.74) is 5.27. The minimum absolute atomic E-state index is 0.179. The van der Waals surface area contributed by atoms with Gasteiger partial charge in [-0.1, -0.05) is 54.1 Å². The first kappa shape index (κ1) is 22.1. The van der Waals surface area contributed by atoms with Crippen LogP contribution in [0.4, 0.5) is 0 Å². The van der Waals surface area contributed by atoms with E-state index < -0.39 is 0 Å². The van der Waals surface area contributed by atoms with Crippen LogP contribution in [0.25, 0.3) is 0 Å². The number of hydrogen-bond acceptors (Lipinski definition) is 4. The van der Waals surface area contributed by atoms with Gasteiger partial charge in [0.05, 0.1) is 23.3 Å². The number of rotatable bonds is 8. The number of hydrazone groups is 1. The molecule has 0 bridgehead atoms. The van der Waals surface area contributed by atoms with Crippen molar-refractivity contribution < 1.29 is 14.3 Å². The summed E-state index contributed by atoms with van der Waals surface area (Å²) in [7, 11) is 1.59. The van der Waals surface area contributed by atoms with Gasteiger partial charge >= 0.3 is 0 Å². The largest absolute Gasteiger partial charge is 0.493 e. The monoisotopic (exact) mass is 534 g/mol. The molecule has 1 N–H and O–H groups in total. The highest BCUT2D eigenvalue weighted by atomic mass is 127. The van der Waals surface area contributed by atoms with Crippen LogP contribution in [0.2, 0.25) is 5.02 Å². The number of carbonyl (C=O) groups excluding carboxylic acids is 1. The van der Waals surface area contributed by atoms with E-state index >= 15 is 0 Å². The molecule has 1 amide bonds. The predicted octanol–water partition coefficient (Wildman–Crippen LogP) is 5.23. The van der Waals surface area contributed by atoms with Gasteiger partial charge in [-0.15, -0.1) is 0 Å². The fraction of sp³-hybridized carbons (Fsp3) is 0.130. The van der Waals surface area contributed by atoms with Crippen LogP contribution in [0, 0.1) is 3.57 Å². The van der Waals surface area contributed by atoms with Crippen LogP contribution < -0.4 is 14.9 Å². The number of benzene rings is 3. The highest BCUT2D eigenvalue weighted by Gasteiger charge is 2.12. The van der Waals surface area contributed by atoms with Crippen molar-refractivity contribution in [2.75, 3.05) is 7.11 Å². The van der Waals surface area contributed by atoms with Gasteiger partial charge < -0.3 is 9.47 Å². The van der Waals surface area contributed by atoms with Crippen LogP contribution >= 0.6 is 34.2 Å². The summed E-state index contributed by atoms with van der Waals surface area (Å²) in [4.78, 5) is 12.0. The first-order chi connectivity index (χ1) is 14.5. The van der Waals surface area contributed by atoms with Gasteiger partial charge in [0, 0.05) is 5.02 Å². The van der Waals surface area contributed by atoms with E-state index in [2.05, 4.69) is 33.1 Å². The molecule has 0 fully saturated rings. The van der Waals surface area contributed by atoms with Gasteiger partial charge in [-0.2, -0.15) is 5.10 Å². The van der Waals surface area contributed by atoms with E-state index in [-0.39, 0.29) is 12.3 Å². The Kier molecular flexibility index (Phi) is 8.10. The Morgan fingerprint density at radius 2 is 1.83 bits per heavy atom. The molecule has 0 radical (unpaired) electrons. The molecular weight excluding hydrogens is 515 g/mol. The van der Waals surface area contributed by atoms with E-state index in [0.29, 0.717) is 23.1 Å². The third-order valence-electron chi connectivity index (χ3n) is 4.16. The molecule has 0 saturated heterocycles. The summed E-state index contributed by atoms with van der Waals surface area (Å²) in [5.74, 6) is 1.06. The van der Waals surface area contributed by atoms with E-state index in [1.54, 1.807) is 13.3 Å². The van der Waals surface area contributed by atoms with Gasteiger partial charge in [0.2, 0.25) is 5.91 Å². The van der Waals surface area contributed by atoms with Crippen molar-refractivity contribution in [1.82, 2.24) is 5.43 Å². The maximum Gasteiger partial charge on any atom is 0.244 e. The molecular formula is C23H20ClIN2O3. The minimum Gasteiger partial charge on any atom is -0.493 e. The number of ether oxygens (including phenoxy) is 2. The SMILES string of the molecule is COc1cc(/C=N\NC(=O)Cc2ccccc2)cc(I)c1OCc1ccc(Cl)cc1. The van der Waals surface area contributed by atoms with Gasteiger partial charge in [0.25, 0.3) is 0 Å². The molecule has 30 heavy (non-hydrogen) atoms. The van der Waals surface area contributed by atoms with Gasteiger partial charge in [0.1, 0.15) is 6.61 Å². The predicted molar refractivity (Wildman–Crippen MR) is 127 cm³/mol. The third kappa shape index (κ3) is 6.47. The van der Waals surface area contributed by atoms with Crippen molar-refractivity contribution in [3.05, 3.63) is 92.0 Å². The molecule has 3 aromatic carbocycles. The van der Waals surface area contributed by atoms with Crippen LogP contribution in [0.3, 0.4) is 0 Å². The Morgan fingerprint density at radius 1 is 1.10 bits per heavy atom. The second-order valence-corrected chi connectivity index (χ2v) is 8.00. The van der Waals surface area contributed by atoms with Crippen LogP contribution in [0.15, 0.2) is 71.8 Å². The van der Waals surface area contributed by atoms with E-state index in [1.165, 1.54) is 0 Å². The molecule has 0 unspecified atom stereocenters. The standard InChI is InChI=1S/C23H20ClIN2O3/c1-29-21-12-18(14-26-27-22(28)13-16-5-3-2-4-6-16)11-20(25)23(21)30-15-17-7-9-19(24)10-8-17/h2-12,14H,13,15H2,1H3,(H,27,28)/b26-14-. The Morgan fingerprint density at radius 3 is 2.53 bits per heavy atom. The van der Waals surface area contributed by atoms with Gasteiger partial charge in [0.15, 0.2) is 11.5 Å². The highest BCUT2D eigenvalue weighted by molar-refractivity contribution is 14.1. The molecule has 0 heterocycles. The molecule has 0 aliphatic rings. The zero-order valence-corrected chi connectivity index (χ0v) is 19.2. The maximum atomic E-state index is 12.0. The Labute approximate surface area is 194 Å². The van der Waals surface area contributed by atoms with Crippen LogP contribution in [0.1, 0.15) is 16.7 Å². The van der Waals surface area contributed by atoms with E-state index in [4.69, 9.17) is 21.1 Å². The Hall–Kier alpha value is -2.58. The van der Waals surface area contributed by atoms with E-state index in [9.17, 15) is 4.79 Å². The summed E-state index contributed by atoms with van der Waals surface area (Å²) in [6.07, 6.45) is 1.85. The van der Waals surface area contributed by atoms with E-state index in [0.717, 1.165) is 20.3 Å². The van der Waals surface area contributed by atoms with Crippen LogP contribution in [-0.2, 0) is 17.8 Å². The molecule has 7 heteroatoms. The highest BCUT2D eigenvalue weighted by Crippen LogP contribution is 2.34. The second kappa shape index (κ2) is 11.0. The van der Waals surface area contributed by atoms with Crippen molar-refractivity contribution in [3.8, 4) is 11.5 Å². The lowest BCUT2D eigenvalue weighted by Gasteiger charge is -2.13. The molecule has 3 aromatic rings. The zero-order chi connectivity index (χ0) is 21.3. The lowest BCUT2D eigenvalue weighted by molar-refractivity contribution is -0.120. The number of nitrogens with one attached hydrogen (secondary N) is 1. The number of hydrogen-bond donors (Lipinski definition) is 1. The first-order valence-electron chi connectivity index (χ1n) is 9.16. The van der Waals surface area contributed by atoms with Gasteiger partial charge in [-0.05, 0) is 63.5 Å². The third-order valence-corrected chi connectivity index (χ3v) is 5.21. The first-order valence-corrected chi connectivity index (χ1v) is 10.6. The van der Waals surface area contributed by atoms with Crippen LogP contribution in [0.5, 0.6) is 11.5 Å². The normalized spacial score (nSPS) is 10.8. The lowest BCUT2D eigenvalue weighted by atomic mass is 10.1.